The maximum absolute atomic E-state index is 16.0. The van der Waals surface area contributed by atoms with Crippen LogP contribution in [0, 0.1) is 0 Å². The van der Waals surface area contributed by atoms with E-state index in [0.717, 1.165) is 16.4 Å². The monoisotopic (exact) mass is 726 g/mol. The van der Waals surface area contributed by atoms with Gasteiger partial charge in [-0.05, 0) is 6.07 Å². The Kier molecular flexibility index (Phi) is 7.94. The number of alkyl halides is 2. The van der Waals surface area contributed by atoms with Gasteiger partial charge in [0.1, 0.15) is 35.4 Å². The molecule has 18 nitrogen and oxygen atoms in total. The highest BCUT2D eigenvalue weighted by atomic mass is 32.7. The summed E-state index contributed by atoms with van der Waals surface area (Å²) in [6.45, 7) is -10.1. The molecule has 0 aromatic carbocycles. The minimum absolute atomic E-state index is 0.110. The predicted octanol–water partition coefficient (Wildman–Crippen LogP) is 2.20. The topological polar surface area (TPSA) is 239 Å². The van der Waals surface area contributed by atoms with Crippen LogP contribution in [0.15, 0.2) is 23.4 Å². The van der Waals surface area contributed by atoms with Crippen LogP contribution < -0.4 is 17.0 Å². The number of anilines is 2. The first-order valence-electron chi connectivity index (χ1n) is 12.9. The molecule has 0 amide bonds. The van der Waals surface area contributed by atoms with E-state index in [1.807, 2.05) is 0 Å². The van der Waals surface area contributed by atoms with Crippen molar-refractivity contribution in [2.45, 2.75) is 47.5 Å². The van der Waals surface area contributed by atoms with E-state index < -0.39 is 79.9 Å². The highest BCUT2D eigenvalue weighted by Crippen LogP contribution is 2.62. The number of pyridine rings is 1. The summed E-state index contributed by atoms with van der Waals surface area (Å²) in [6.07, 6.45) is -7.37. The van der Waals surface area contributed by atoms with Gasteiger partial charge in [-0.1, -0.05) is 29.7 Å². The number of aromatic nitrogens is 8. The van der Waals surface area contributed by atoms with Crippen LogP contribution in [0.2, 0.25) is 0 Å². The Morgan fingerprint density at radius 1 is 1.02 bits per heavy atom. The Balaban J connectivity index is 1.21. The molecule has 2 bridgehead atoms. The van der Waals surface area contributed by atoms with Crippen LogP contribution in [-0.4, -0.2) is 88.6 Å². The molecule has 3 fully saturated rings. The highest BCUT2D eigenvalue weighted by Gasteiger charge is 2.54. The number of thiol groups is 2. The first-order chi connectivity index (χ1) is 21.3. The largest absolute Gasteiger partial charge is 0.397 e. The maximum atomic E-state index is 16.0. The van der Waals surface area contributed by atoms with Crippen LogP contribution >= 0.6 is 49.9 Å². The number of nitrogens with two attached hydrogens (primary N) is 2. The summed E-state index contributed by atoms with van der Waals surface area (Å²) in [5, 5.41) is 5.38. The van der Waals surface area contributed by atoms with E-state index in [9.17, 15) is 13.9 Å². The fourth-order valence-electron chi connectivity index (χ4n) is 5.19. The molecule has 10 atom stereocenters. The van der Waals surface area contributed by atoms with Gasteiger partial charge in [0, 0.05) is 6.20 Å². The molecule has 45 heavy (non-hydrogen) atoms. The molecule has 0 saturated carbocycles. The molecule has 3 aliphatic heterocycles. The van der Waals surface area contributed by atoms with E-state index in [0.29, 0.717) is 0 Å². The third-order valence-electron chi connectivity index (χ3n) is 7.21. The Morgan fingerprint density at radius 3 is 2.53 bits per heavy atom. The Hall–Kier alpha value is -2.33. The van der Waals surface area contributed by atoms with Crippen molar-refractivity contribution in [2.75, 3.05) is 24.7 Å². The zero-order valence-electron chi connectivity index (χ0n) is 22.3. The number of nitrogens with zero attached hydrogens (tertiary/aromatic N) is 7. The van der Waals surface area contributed by atoms with Gasteiger partial charge in [0.15, 0.2) is 29.2 Å². The summed E-state index contributed by atoms with van der Waals surface area (Å²) in [5.41, 5.74) is 11.4. The summed E-state index contributed by atoms with van der Waals surface area (Å²) >= 11 is 8.87. The zero-order valence-corrected chi connectivity index (χ0v) is 26.7. The zero-order chi connectivity index (χ0) is 31.8. The lowest BCUT2D eigenvalue weighted by Gasteiger charge is -2.25. The number of hydrogen-bond acceptors (Lipinski definition) is 16. The summed E-state index contributed by atoms with van der Waals surface area (Å²) < 4.78 is 88.9. The SMILES string of the molecule is Nc1nc2c(nnn2[C@@H]2S[C@@H]3COP(=O)(S)O[C@H]4[C@H](F)[C@@H](n5cnc6c(N)ccnc65)O[C@@H]4COP(=O)(S)O[C@@H]2[C@@H]3F)c(=O)[nH]1. The van der Waals surface area contributed by atoms with Crippen LogP contribution in [0.25, 0.3) is 22.3 Å². The highest BCUT2D eigenvalue weighted by molar-refractivity contribution is 8.44. The number of thioether (sulfide) groups is 1. The molecule has 7 rings (SSSR count). The second-order valence-corrected chi connectivity index (χ2v) is 17.2. The maximum Gasteiger partial charge on any atom is 0.386 e. The molecular weight excluding hydrogens is 704 g/mol. The Morgan fingerprint density at radius 2 is 1.76 bits per heavy atom. The van der Waals surface area contributed by atoms with Gasteiger partial charge >= 0.3 is 13.6 Å². The lowest BCUT2D eigenvalue weighted by molar-refractivity contribution is -0.0419. The van der Waals surface area contributed by atoms with Crippen LogP contribution in [-0.2, 0) is 32.0 Å². The first kappa shape index (κ1) is 31.3. The van der Waals surface area contributed by atoms with Gasteiger partial charge in [-0.3, -0.25) is 32.4 Å². The molecule has 242 valence electrons. The fraction of sp³-hybridized carbons (Fsp3) is 0.500. The number of nitrogen functional groups attached to an aromatic ring is 2. The average molecular weight is 727 g/mol. The Labute approximate surface area is 264 Å². The molecule has 4 aromatic heterocycles. The van der Waals surface area contributed by atoms with Gasteiger partial charge in [-0.2, -0.15) is 4.98 Å². The average Bonchev–Trinajstić information content (AvgIpc) is 3.72. The number of nitrogens with one attached hydrogen (secondary N) is 1. The smallest absolute Gasteiger partial charge is 0.386 e. The van der Waals surface area contributed by atoms with E-state index in [-0.39, 0.29) is 34.0 Å². The summed E-state index contributed by atoms with van der Waals surface area (Å²) in [4.78, 5) is 26.9. The van der Waals surface area contributed by atoms with Gasteiger partial charge in [-0.15, -0.1) is 16.9 Å². The number of rotatable bonds is 2. The first-order valence-corrected chi connectivity index (χ1v) is 19.2. The summed E-state index contributed by atoms with van der Waals surface area (Å²) in [6, 6.07) is 1.52. The number of ether oxygens (including phenoxy) is 1. The van der Waals surface area contributed by atoms with Crippen LogP contribution in [0.5, 0.6) is 0 Å². The number of H-pyrrole nitrogens is 1. The quantitative estimate of drug-likeness (QED) is 0.147. The van der Waals surface area contributed by atoms with E-state index in [1.54, 1.807) is 0 Å². The predicted molar refractivity (Wildman–Crippen MR) is 161 cm³/mol. The molecule has 0 aliphatic carbocycles. The number of imidazole rings is 1. The molecule has 0 radical (unpaired) electrons. The lowest BCUT2D eigenvalue weighted by Crippen LogP contribution is -2.33. The van der Waals surface area contributed by atoms with Gasteiger partial charge in [-0.25, -0.2) is 32.6 Å². The van der Waals surface area contributed by atoms with Gasteiger partial charge in [0.25, 0.3) is 5.56 Å². The third kappa shape index (κ3) is 5.66. The standard InChI is InChI=1S/C20H22F2N10O8P2S3/c21-9-8-4-37-42(35,44)39-13-7(38-18(10(13)22)31-5-26-11-6(23)1-2-25-15(11)31)3-36-41(34,43)40-14(9)19(45-8)32-16-12(29-30-32)17(33)28-20(24)27-16/h1-2,5,7-10,13-14,18-19H,3-4H2,(H2,23,25)(H,34,43)(H,35,44)(H3,24,27,28,33)/t7-,8-,9-,10+,13-,14-,18+,19-,41?,42?/m1/s1. The van der Waals surface area contributed by atoms with Crippen LogP contribution in [0.3, 0.4) is 0 Å². The lowest BCUT2D eigenvalue weighted by atomic mass is 10.1. The van der Waals surface area contributed by atoms with Crippen molar-refractivity contribution >= 4 is 83.8 Å². The second-order valence-electron chi connectivity index (χ2n) is 10.1. The molecule has 4 aromatic rings. The molecule has 3 aliphatic rings. The second kappa shape index (κ2) is 11.4. The van der Waals surface area contributed by atoms with Crippen molar-refractivity contribution < 1.29 is 40.7 Å². The van der Waals surface area contributed by atoms with Gasteiger partial charge in [0.05, 0.1) is 30.5 Å². The van der Waals surface area contributed by atoms with E-state index in [4.69, 9.17) is 34.3 Å². The number of aromatic amines is 1. The molecule has 0 spiro atoms. The van der Waals surface area contributed by atoms with Crippen molar-refractivity contribution in [3.05, 3.63) is 28.9 Å². The Bertz CT molecular complexity index is 1950. The fourth-order valence-corrected chi connectivity index (χ4v) is 9.76. The van der Waals surface area contributed by atoms with E-state index >= 15 is 8.78 Å². The number of halogens is 2. The number of fused-ring (bicyclic) bond motifs is 5. The molecule has 3 saturated heterocycles. The normalized spacial score (nSPS) is 37.7. The molecule has 2 unspecified atom stereocenters. The van der Waals surface area contributed by atoms with Crippen LogP contribution in [0.1, 0.15) is 11.6 Å². The summed E-state index contributed by atoms with van der Waals surface area (Å²) in [7, 11) is 0. The third-order valence-corrected chi connectivity index (χ3v) is 11.9. The van der Waals surface area contributed by atoms with E-state index in [1.165, 1.54) is 23.2 Å². The van der Waals surface area contributed by atoms with E-state index in [2.05, 4.69) is 54.7 Å². The minimum atomic E-state index is -4.45. The van der Waals surface area contributed by atoms with Crippen molar-refractivity contribution in [3.63, 3.8) is 0 Å². The molecule has 25 heteroatoms. The molecule has 5 N–H and O–H groups in total. The van der Waals surface area contributed by atoms with Gasteiger partial charge < -0.3 is 16.2 Å². The van der Waals surface area contributed by atoms with Crippen molar-refractivity contribution in [3.8, 4) is 0 Å². The van der Waals surface area contributed by atoms with Crippen molar-refractivity contribution in [2.24, 2.45) is 0 Å². The van der Waals surface area contributed by atoms with Crippen LogP contribution in [0.4, 0.5) is 20.4 Å². The van der Waals surface area contributed by atoms with Crippen molar-refractivity contribution in [1.29, 1.82) is 0 Å². The number of hydrogen-bond donors (Lipinski definition) is 5. The van der Waals surface area contributed by atoms with Crippen molar-refractivity contribution in [1.82, 2.24) is 39.5 Å². The summed E-state index contributed by atoms with van der Waals surface area (Å²) in [5.74, 6) is -0.259. The molecule has 7 heterocycles. The molecular formula is C20H22F2N10O8P2S3. The van der Waals surface area contributed by atoms with Gasteiger partial charge in [0.2, 0.25) is 5.95 Å². The minimum Gasteiger partial charge on any atom is -0.397 e.